The summed E-state index contributed by atoms with van der Waals surface area (Å²) < 4.78 is 6.23. The quantitative estimate of drug-likeness (QED) is 0.782. The zero-order valence-corrected chi connectivity index (χ0v) is 18.8. The molecule has 1 aliphatic carbocycles. The number of ether oxygens (including phenoxy) is 1. The van der Waals surface area contributed by atoms with Crippen LogP contribution in [0.15, 0.2) is 54.6 Å². The van der Waals surface area contributed by atoms with Gasteiger partial charge in [-0.2, -0.15) is 0 Å². The second kappa shape index (κ2) is 8.63. The van der Waals surface area contributed by atoms with Crippen molar-refractivity contribution in [3.8, 4) is 0 Å². The number of likely N-dealkylation sites (tertiary alicyclic amines) is 1. The molecule has 5 rings (SSSR count). The van der Waals surface area contributed by atoms with E-state index in [1.165, 1.54) is 0 Å². The van der Waals surface area contributed by atoms with Crippen molar-refractivity contribution in [2.24, 2.45) is 0 Å². The van der Waals surface area contributed by atoms with Gasteiger partial charge in [-0.3, -0.25) is 19.3 Å². The lowest BCUT2D eigenvalue weighted by Crippen LogP contribution is -2.60. The zero-order valence-electron chi connectivity index (χ0n) is 18.8. The molecule has 2 aliphatic heterocycles. The minimum atomic E-state index is -0.886. The van der Waals surface area contributed by atoms with Gasteiger partial charge in [-0.05, 0) is 44.0 Å². The van der Waals surface area contributed by atoms with E-state index in [9.17, 15) is 14.4 Å². The lowest BCUT2D eigenvalue weighted by atomic mass is 9.96. The van der Waals surface area contributed by atoms with Crippen LogP contribution in [0, 0.1) is 6.92 Å². The van der Waals surface area contributed by atoms with Crippen LogP contribution in [0.5, 0.6) is 0 Å². The fourth-order valence-corrected chi connectivity index (χ4v) is 4.75. The Hall–Kier alpha value is -3.19. The molecule has 3 fully saturated rings. The fourth-order valence-electron chi connectivity index (χ4n) is 4.75. The van der Waals surface area contributed by atoms with E-state index in [-0.39, 0.29) is 30.4 Å². The molecule has 3 aliphatic rings. The Morgan fingerprint density at radius 3 is 2.18 bits per heavy atom. The number of carbonyl (C=O) groups excluding carboxylic acids is 3. The SMILES string of the molecule is Cc1ccc(C(=O)N2CCC3(CC2)OCC(C(=O)NC2CC2)N3C(=O)c2ccccc2)cc1. The van der Waals surface area contributed by atoms with Gasteiger partial charge >= 0.3 is 0 Å². The van der Waals surface area contributed by atoms with Gasteiger partial charge in [0.25, 0.3) is 11.8 Å². The number of amides is 3. The van der Waals surface area contributed by atoms with Gasteiger partial charge in [0.15, 0.2) is 0 Å². The van der Waals surface area contributed by atoms with Crippen LogP contribution in [0.4, 0.5) is 0 Å². The molecule has 7 nitrogen and oxygen atoms in total. The summed E-state index contributed by atoms with van der Waals surface area (Å²) in [6, 6.07) is 16.1. The average Bonchev–Trinajstić information content (AvgIpc) is 3.59. The van der Waals surface area contributed by atoms with Gasteiger partial charge in [0, 0.05) is 43.1 Å². The summed E-state index contributed by atoms with van der Waals surface area (Å²) in [5.74, 6) is -0.383. The third-order valence-electron chi connectivity index (χ3n) is 6.86. The summed E-state index contributed by atoms with van der Waals surface area (Å²) in [6.45, 7) is 3.08. The van der Waals surface area contributed by atoms with Gasteiger partial charge < -0.3 is 15.0 Å². The maximum absolute atomic E-state index is 13.6. The monoisotopic (exact) mass is 447 g/mol. The fraction of sp³-hybridized carbons (Fsp3) is 0.423. The molecule has 0 aromatic heterocycles. The van der Waals surface area contributed by atoms with E-state index in [2.05, 4.69) is 5.32 Å². The highest BCUT2D eigenvalue weighted by Crippen LogP contribution is 2.39. The Morgan fingerprint density at radius 1 is 0.909 bits per heavy atom. The van der Waals surface area contributed by atoms with Crippen molar-refractivity contribution in [2.75, 3.05) is 19.7 Å². The highest BCUT2D eigenvalue weighted by atomic mass is 16.5. The highest BCUT2D eigenvalue weighted by molar-refractivity contribution is 5.98. The minimum Gasteiger partial charge on any atom is -0.353 e. The van der Waals surface area contributed by atoms with Crippen LogP contribution >= 0.6 is 0 Å². The first-order valence-corrected chi connectivity index (χ1v) is 11.7. The molecule has 2 saturated heterocycles. The molecule has 2 heterocycles. The van der Waals surface area contributed by atoms with Crippen molar-refractivity contribution in [1.82, 2.24) is 15.1 Å². The van der Waals surface area contributed by atoms with Gasteiger partial charge in [0.1, 0.15) is 11.8 Å². The van der Waals surface area contributed by atoms with Crippen LogP contribution < -0.4 is 5.32 Å². The number of rotatable bonds is 4. The molecule has 7 heteroatoms. The first-order chi connectivity index (χ1) is 16.0. The van der Waals surface area contributed by atoms with E-state index in [4.69, 9.17) is 4.74 Å². The standard InChI is InChI=1S/C26H29N3O4/c1-18-7-9-20(10-8-18)24(31)28-15-13-26(14-16-28)29(25(32)19-5-3-2-4-6-19)22(17-33-26)23(30)27-21-11-12-21/h2-10,21-22H,11-17H2,1H3,(H,27,30). The summed E-state index contributed by atoms with van der Waals surface area (Å²) in [7, 11) is 0. The van der Waals surface area contributed by atoms with E-state index in [0.717, 1.165) is 18.4 Å². The maximum atomic E-state index is 13.6. The van der Waals surface area contributed by atoms with E-state index in [1.54, 1.807) is 17.0 Å². The molecule has 1 N–H and O–H groups in total. The van der Waals surface area contributed by atoms with Crippen molar-refractivity contribution in [2.45, 2.75) is 50.4 Å². The Kier molecular flexibility index (Phi) is 5.66. The van der Waals surface area contributed by atoms with Gasteiger partial charge in [-0.1, -0.05) is 35.9 Å². The van der Waals surface area contributed by atoms with E-state index in [1.807, 2.05) is 54.3 Å². The summed E-state index contributed by atoms with van der Waals surface area (Å²) in [4.78, 5) is 43.0. The third kappa shape index (κ3) is 4.25. The predicted molar refractivity (Wildman–Crippen MR) is 123 cm³/mol. The van der Waals surface area contributed by atoms with Gasteiger partial charge in [0.05, 0.1) is 6.61 Å². The Balaban J connectivity index is 1.36. The molecular formula is C26H29N3O4. The Bertz CT molecular complexity index is 1040. The number of aryl methyl sites for hydroxylation is 1. The van der Waals surface area contributed by atoms with Gasteiger partial charge in [0.2, 0.25) is 5.91 Å². The second-order valence-electron chi connectivity index (χ2n) is 9.26. The van der Waals surface area contributed by atoms with Crippen molar-refractivity contribution in [1.29, 1.82) is 0 Å². The number of benzene rings is 2. The van der Waals surface area contributed by atoms with Crippen LogP contribution in [-0.4, -0.2) is 65.0 Å². The number of nitrogens with zero attached hydrogens (tertiary/aromatic N) is 2. The molecule has 1 saturated carbocycles. The first kappa shape index (κ1) is 21.6. The van der Waals surface area contributed by atoms with Crippen LogP contribution in [0.25, 0.3) is 0 Å². The summed E-state index contributed by atoms with van der Waals surface area (Å²) >= 11 is 0. The summed E-state index contributed by atoms with van der Waals surface area (Å²) in [5, 5.41) is 3.03. The normalized spacial score (nSPS) is 21.8. The van der Waals surface area contributed by atoms with Gasteiger partial charge in [-0.25, -0.2) is 0 Å². The van der Waals surface area contributed by atoms with Crippen LogP contribution in [-0.2, 0) is 9.53 Å². The smallest absolute Gasteiger partial charge is 0.256 e. The molecule has 2 aromatic rings. The minimum absolute atomic E-state index is 0.0215. The molecule has 1 spiro atoms. The van der Waals surface area contributed by atoms with Crippen molar-refractivity contribution in [3.63, 3.8) is 0 Å². The van der Waals surface area contributed by atoms with E-state index in [0.29, 0.717) is 37.1 Å². The molecular weight excluding hydrogens is 418 g/mol. The van der Waals surface area contributed by atoms with Crippen LogP contribution in [0.3, 0.4) is 0 Å². The van der Waals surface area contributed by atoms with Gasteiger partial charge in [-0.15, -0.1) is 0 Å². The predicted octanol–water partition coefficient (Wildman–Crippen LogP) is 2.75. The lowest BCUT2D eigenvalue weighted by molar-refractivity contribution is -0.128. The number of piperidine rings is 1. The van der Waals surface area contributed by atoms with Crippen LogP contribution in [0.2, 0.25) is 0 Å². The molecule has 1 unspecified atom stereocenters. The summed E-state index contributed by atoms with van der Waals surface area (Å²) in [6.07, 6.45) is 2.90. The molecule has 1 atom stereocenters. The van der Waals surface area contributed by atoms with E-state index < -0.39 is 11.8 Å². The summed E-state index contributed by atoms with van der Waals surface area (Å²) in [5.41, 5.74) is 1.41. The molecule has 0 bridgehead atoms. The lowest BCUT2D eigenvalue weighted by Gasteiger charge is -2.44. The topological polar surface area (TPSA) is 79.0 Å². The van der Waals surface area contributed by atoms with Crippen molar-refractivity contribution in [3.05, 3.63) is 71.3 Å². The molecule has 0 radical (unpaired) electrons. The van der Waals surface area contributed by atoms with Crippen molar-refractivity contribution < 1.29 is 19.1 Å². The second-order valence-corrected chi connectivity index (χ2v) is 9.26. The largest absolute Gasteiger partial charge is 0.353 e. The molecule has 3 amide bonds. The number of hydrogen-bond acceptors (Lipinski definition) is 4. The zero-order chi connectivity index (χ0) is 23.0. The Morgan fingerprint density at radius 2 is 1.55 bits per heavy atom. The molecule has 33 heavy (non-hydrogen) atoms. The third-order valence-corrected chi connectivity index (χ3v) is 6.86. The first-order valence-electron chi connectivity index (χ1n) is 11.7. The van der Waals surface area contributed by atoms with Crippen molar-refractivity contribution >= 4 is 17.7 Å². The maximum Gasteiger partial charge on any atom is 0.256 e. The van der Waals surface area contributed by atoms with E-state index >= 15 is 0 Å². The average molecular weight is 448 g/mol. The molecule has 172 valence electrons. The Labute approximate surface area is 193 Å². The number of nitrogens with one attached hydrogen (secondary N) is 1. The number of carbonyl (C=O) groups is 3. The molecule has 2 aromatic carbocycles. The number of hydrogen-bond donors (Lipinski definition) is 1. The highest BCUT2D eigenvalue weighted by Gasteiger charge is 2.54. The van der Waals surface area contributed by atoms with Crippen LogP contribution in [0.1, 0.15) is 52.0 Å².